The smallest absolute Gasteiger partial charge is 0.339 e. The zero-order chi connectivity index (χ0) is 14.8. The van der Waals surface area contributed by atoms with Gasteiger partial charge in [0.1, 0.15) is 17.3 Å². The fourth-order valence-electron chi connectivity index (χ4n) is 2.52. The molecule has 0 saturated heterocycles. The summed E-state index contributed by atoms with van der Waals surface area (Å²) >= 11 is 0. The first kappa shape index (κ1) is 13.8. The number of thiol groups is 1. The largest absolute Gasteiger partial charge is 0.457 e. The quantitative estimate of drug-likeness (QED) is 0.684. The first-order valence-electron chi connectivity index (χ1n) is 6.65. The van der Waals surface area contributed by atoms with Crippen molar-refractivity contribution in [2.24, 2.45) is 0 Å². The summed E-state index contributed by atoms with van der Waals surface area (Å²) in [7, 11) is -2.46. The third kappa shape index (κ3) is 2.69. The van der Waals surface area contributed by atoms with Crippen LogP contribution in [0.25, 0.3) is 5.57 Å². The third-order valence-electron chi connectivity index (χ3n) is 3.61. The summed E-state index contributed by atoms with van der Waals surface area (Å²) in [5.41, 5.74) is 3.08. The van der Waals surface area contributed by atoms with Crippen LogP contribution >= 0.6 is 0 Å². The average molecular weight is 302 g/mol. The highest BCUT2D eigenvalue weighted by molar-refractivity contribution is 7.73. The van der Waals surface area contributed by atoms with Crippen LogP contribution in [0.1, 0.15) is 12.0 Å². The molecule has 21 heavy (non-hydrogen) atoms. The van der Waals surface area contributed by atoms with Crippen molar-refractivity contribution in [3.8, 4) is 0 Å². The number of hydrogen-bond donors (Lipinski definition) is 1. The molecule has 0 N–H and O–H groups in total. The molecular weight excluding hydrogens is 288 g/mol. The van der Waals surface area contributed by atoms with Gasteiger partial charge in [0.2, 0.25) is 0 Å². The Morgan fingerprint density at radius 2 is 1.90 bits per heavy atom. The lowest BCUT2D eigenvalue weighted by atomic mass is 9.93. The minimum Gasteiger partial charge on any atom is -0.457 e. The summed E-state index contributed by atoms with van der Waals surface area (Å²) in [4.78, 5) is 12.0. The Kier molecular flexibility index (Phi) is 3.75. The molecule has 1 heterocycles. The van der Waals surface area contributed by atoms with Gasteiger partial charge in [-0.1, -0.05) is 48.6 Å². The number of cyclic esters (lactones) is 1. The molecule has 0 radical (unpaired) electrons. The molecule has 1 atom stereocenters. The Bertz CT molecular complexity index is 731. The lowest BCUT2D eigenvalue weighted by Gasteiger charge is -2.12. The first-order chi connectivity index (χ1) is 10.2. The van der Waals surface area contributed by atoms with Gasteiger partial charge in [0.25, 0.3) is 0 Å². The van der Waals surface area contributed by atoms with E-state index in [1.165, 1.54) is 0 Å². The fraction of sp³-hybridized carbons (Fsp3) is 0.188. The molecule has 0 saturated carbocycles. The number of allylic oxidation sites excluding steroid dienone is 2. The van der Waals surface area contributed by atoms with E-state index in [-0.39, 0.29) is 12.6 Å². The van der Waals surface area contributed by atoms with Crippen molar-refractivity contribution in [3.05, 3.63) is 65.3 Å². The highest BCUT2D eigenvalue weighted by atomic mass is 32.2. The fourth-order valence-corrected chi connectivity index (χ4v) is 3.02. The van der Waals surface area contributed by atoms with E-state index >= 15 is 0 Å². The van der Waals surface area contributed by atoms with E-state index in [0.717, 1.165) is 16.7 Å². The van der Waals surface area contributed by atoms with E-state index in [2.05, 4.69) is 0 Å². The van der Waals surface area contributed by atoms with Gasteiger partial charge in [-0.25, -0.2) is 13.2 Å². The summed E-state index contributed by atoms with van der Waals surface area (Å²) in [5.74, 6) is -0.331. The topological polar surface area (TPSA) is 60.4 Å². The molecule has 0 fully saturated rings. The number of carbonyl (C=O) groups excluding carboxylic acids is 1. The molecular formula is C16H14O4S. The Balaban J connectivity index is 1.99. The predicted molar refractivity (Wildman–Crippen MR) is 80.3 cm³/mol. The van der Waals surface area contributed by atoms with Gasteiger partial charge in [-0.2, -0.15) is 0 Å². The van der Waals surface area contributed by atoms with E-state index < -0.39 is 16.0 Å². The second-order valence-corrected chi connectivity index (χ2v) is 6.14. The molecule has 1 aliphatic carbocycles. The SMILES string of the molecule is O=C1OCC(C2=CCC([SH](=O)=O)C=C2)=C1c1ccccc1. The molecule has 1 aromatic rings. The van der Waals surface area contributed by atoms with Crippen LogP contribution in [0.15, 0.2) is 59.7 Å². The van der Waals surface area contributed by atoms with Crippen molar-refractivity contribution in [1.29, 1.82) is 0 Å². The van der Waals surface area contributed by atoms with Crippen LogP contribution in [-0.4, -0.2) is 26.2 Å². The zero-order valence-electron chi connectivity index (χ0n) is 11.2. The molecule has 4 nitrogen and oxygen atoms in total. The standard InChI is InChI=1S/C16H14O4S/c17-16-15(12-4-2-1-3-5-12)14(10-20-16)11-6-8-13(9-7-11)21(18)19/h1-8,13,21H,9-10H2. The minimum atomic E-state index is -2.46. The van der Waals surface area contributed by atoms with Crippen molar-refractivity contribution in [1.82, 2.24) is 0 Å². The van der Waals surface area contributed by atoms with Crippen LogP contribution in [0.4, 0.5) is 0 Å². The van der Waals surface area contributed by atoms with Gasteiger partial charge in [-0.05, 0) is 17.6 Å². The third-order valence-corrected chi connectivity index (χ3v) is 4.54. The number of benzene rings is 1. The monoisotopic (exact) mass is 302 g/mol. The Hall–Kier alpha value is -2.14. The normalized spacial score (nSPS) is 21.7. The summed E-state index contributed by atoms with van der Waals surface area (Å²) in [5, 5.41) is -0.456. The van der Waals surface area contributed by atoms with E-state index in [9.17, 15) is 13.2 Å². The molecule has 1 unspecified atom stereocenters. The van der Waals surface area contributed by atoms with Crippen LogP contribution < -0.4 is 0 Å². The molecule has 0 spiro atoms. The van der Waals surface area contributed by atoms with Gasteiger partial charge >= 0.3 is 5.97 Å². The lowest BCUT2D eigenvalue weighted by molar-refractivity contribution is -0.134. The molecule has 3 rings (SSSR count). The summed E-state index contributed by atoms with van der Waals surface area (Å²) in [6, 6.07) is 9.36. The molecule has 0 aromatic heterocycles. The lowest BCUT2D eigenvalue weighted by Crippen LogP contribution is -2.09. The van der Waals surface area contributed by atoms with Crippen LogP contribution in [0.2, 0.25) is 0 Å². The van der Waals surface area contributed by atoms with Gasteiger partial charge in [0.05, 0.1) is 10.8 Å². The molecule has 0 amide bonds. The molecule has 108 valence electrons. The molecule has 5 heteroatoms. The maximum Gasteiger partial charge on any atom is 0.339 e. The number of ether oxygens (including phenoxy) is 1. The number of esters is 1. The Labute approximate surface area is 124 Å². The Morgan fingerprint density at radius 3 is 2.52 bits per heavy atom. The highest BCUT2D eigenvalue weighted by Gasteiger charge is 2.28. The molecule has 1 aliphatic heterocycles. The van der Waals surface area contributed by atoms with Crippen molar-refractivity contribution >= 4 is 22.2 Å². The Morgan fingerprint density at radius 1 is 1.14 bits per heavy atom. The average Bonchev–Trinajstić information content (AvgIpc) is 2.90. The summed E-state index contributed by atoms with van der Waals surface area (Å²) in [6.45, 7) is 0.230. The number of hydrogen-bond acceptors (Lipinski definition) is 4. The predicted octanol–water partition coefficient (Wildman–Crippen LogP) is 1.86. The molecule has 2 aliphatic rings. The number of carbonyl (C=O) groups is 1. The van der Waals surface area contributed by atoms with Crippen molar-refractivity contribution in [2.45, 2.75) is 11.7 Å². The van der Waals surface area contributed by atoms with Crippen LogP contribution in [0.3, 0.4) is 0 Å². The first-order valence-corrected chi connectivity index (χ1v) is 7.89. The van der Waals surface area contributed by atoms with E-state index in [4.69, 9.17) is 4.74 Å². The maximum absolute atomic E-state index is 12.0. The maximum atomic E-state index is 12.0. The van der Waals surface area contributed by atoms with E-state index in [1.807, 2.05) is 36.4 Å². The van der Waals surface area contributed by atoms with Gasteiger partial charge < -0.3 is 4.74 Å². The van der Waals surface area contributed by atoms with Crippen molar-refractivity contribution < 1.29 is 17.9 Å². The molecule has 1 aromatic carbocycles. The summed E-state index contributed by atoms with van der Waals surface area (Å²) < 4.78 is 27.1. The van der Waals surface area contributed by atoms with Crippen molar-refractivity contribution in [2.75, 3.05) is 6.61 Å². The molecule has 0 bridgehead atoms. The second kappa shape index (κ2) is 5.69. The van der Waals surface area contributed by atoms with Gasteiger partial charge in [-0.15, -0.1) is 0 Å². The minimum absolute atomic E-state index is 0.230. The summed E-state index contributed by atoms with van der Waals surface area (Å²) in [6.07, 6.45) is 5.72. The van der Waals surface area contributed by atoms with Gasteiger partial charge in [-0.3, -0.25) is 0 Å². The van der Waals surface area contributed by atoms with E-state index in [1.54, 1.807) is 12.2 Å². The van der Waals surface area contributed by atoms with Gasteiger partial charge in [0, 0.05) is 5.57 Å². The van der Waals surface area contributed by atoms with Gasteiger partial charge in [0.15, 0.2) is 0 Å². The van der Waals surface area contributed by atoms with Crippen LogP contribution in [-0.2, 0) is 20.2 Å². The highest BCUT2D eigenvalue weighted by Crippen LogP contribution is 2.32. The van der Waals surface area contributed by atoms with Crippen LogP contribution in [0.5, 0.6) is 0 Å². The van der Waals surface area contributed by atoms with Crippen molar-refractivity contribution in [3.63, 3.8) is 0 Å². The van der Waals surface area contributed by atoms with E-state index in [0.29, 0.717) is 12.0 Å². The zero-order valence-corrected chi connectivity index (χ0v) is 12.1. The second-order valence-electron chi connectivity index (χ2n) is 4.90. The van der Waals surface area contributed by atoms with Crippen LogP contribution in [0, 0.1) is 0 Å². The number of rotatable bonds is 3.